The molecule has 2 heterocycles. The van der Waals surface area contributed by atoms with Gasteiger partial charge >= 0.3 is 0 Å². The van der Waals surface area contributed by atoms with Crippen molar-refractivity contribution in [3.8, 4) is 5.75 Å². The van der Waals surface area contributed by atoms with Crippen molar-refractivity contribution in [3.63, 3.8) is 0 Å². The van der Waals surface area contributed by atoms with Crippen molar-refractivity contribution in [1.29, 1.82) is 0 Å². The zero-order chi connectivity index (χ0) is 23.9. The molecule has 0 atom stereocenters. The highest BCUT2D eigenvalue weighted by Crippen LogP contribution is 2.31. The monoisotopic (exact) mass is 493 g/mol. The molecule has 0 aliphatic carbocycles. The van der Waals surface area contributed by atoms with Crippen molar-refractivity contribution in [2.45, 2.75) is 20.0 Å². The van der Waals surface area contributed by atoms with Gasteiger partial charge in [-0.15, -0.1) is 0 Å². The molecule has 0 fully saturated rings. The van der Waals surface area contributed by atoms with E-state index in [2.05, 4.69) is 25.6 Å². The van der Waals surface area contributed by atoms with Gasteiger partial charge < -0.3 is 15.4 Å². The lowest BCUT2D eigenvalue weighted by molar-refractivity contribution is -0.111. The predicted octanol–water partition coefficient (Wildman–Crippen LogP) is 6.56. The average Bonchev–Trinajstić information content (AvgIpc) is 2.83. The molecule has 4 aromatic rings. The van der Waals surface area contributed by atoms with Crippen molar-refractivity contribution < 1.29 is 9.53 Å². The van der Waals surface area contributed by atoms with Crippen LogP contribution in [0.1, 0.15) is 18.9 Å². The molecule has 0 saturated heterocycles. The Morgan fingerprint density at radius 3 is 2.76 bits per heavy atom. The van der Waals surface area contributed by atoms with Crippen molar-refractivity contribution in [1.82, 2.24) is 15.0 Å². The maximum absolute atomic E-state index is 12.0. The van der Waals surface area contributed by atoms with Crippen LogP contribution in [0.4, 0.5) is 17.3 Å². The molecule has 4 rings (SSSR count). The first kappa shape index (κ1) is 23.5. The number of carbonyl (C=O) groups is 1. The van der Waals surface area contributed by atoms with Crippen LogP contribution in [-0.4, -0.2) is 20.9 Å². The minimum Gasteiger partial charge on any atom is -0.487 e. The number of hydrogen-bond donors (Lipinski definition) is 2. The number of allylic oxidation sites excluding steroid dienone is 1. The Morgan fingerprint density at radius 2 is 1.97 bits per heavy atom. The standard InChI is InChI=1S/C25H21Cl2N5O2/c1-2-3-7-24(33)32-23-12-19-21(13-28-23)29-15-30-25(19)31-18-8-9-22(20(27)11-18)34-14-16-5-4-6-17(26)10-16/h3-13,15H,2,14H2,1H3,(H,28,32,33)(H,29,30,31)/b7-3+. The minimum absolute atomic E-state index is 0.250. The Balaban J connectivity index is 1.51. The van der Waals surface area contributed by atoms with Crippen LogP contribution >= 0.6 is 23.2 Å². The molecule has 2 aromatic heterocycles. The summed E-state index contributed by atoms with van der Waals surface area (Å²) >= 11 is 12.5. The molecule has 2 N–H and O–H groups in total. The number of hydrogen-bond acceptors (Lipinski definition) is 6. The Morgan fingerprint density at radius 1 is 1.09 bits per heavy atom. The van der Waals surface area contributed by atoms with Gasteiger partial charge in [-0.2, -0.15) is 0 Å². The van der Waals surface area contributed by atoms with Gasteiger partial charge in [-0.25, -0.2) is 15.0 Å². The van der Waals surface area contributed by atoms with Gasteiger partial charge in [0.2, 0.25) is 5.91 Å². The largest absolute Gasteiger partial charge is 0.487 e. The molecule has 9 heteroatoms. The second kappa shape index (κ2) is 11.0. The summed E-state index contributed by atoms with van der Waals surface area (Å²) in [5.41, 5.74) is 2.29. The van der Waals surface area contributed by atoms with Crippen LogP contribution in [-0.2, 0) is 11.4 Å². The van der Waals surface area contributed by atoms with E-state index in [1.807, 2.05) is 37.3 Å². The number of anilines is 3. The number of benzene rings is 2. The topological polar surface area (TPSA) is 89.0 Å². The molecule has 2 aromatic carbocycles. The number of rotatable bonds is 8. The highest BCUT2D eigenvalue weighted by molar-refractivity contribution is 6.32. The Labute approximate surface area is 206 Å². The number of amides is 1. The van der Waals surface area contributed by atoms with Crippen molar-refractivity contribution in [2.24, 2.45) is 0 Å². The minimum atomic E-state index is -0.250. The highest BCUT2D eigenvalue weighted by atomic mass is 35.5. The van der Waals surface area contributed by atoms with Crippen LogP contribution in [0.5, 0.6) is 5.75 Å². The second-order valence-corrected chi connectivity index (χ2v) is 8.14. The Hall–Kier alpha value is -3.68. The number of halogens is 2. The van der Waals surface area contributed by atoms with E-state index in [9.17, 15) is 4.79 Å². The lowest BCUT2D eigenvalue weighted by Crippen LogP contribution is -2.09. The molecule has 0 aliphatic rings. The van der Waals surface area contributed by atoms with E-state index in [-0.39, 0.29) is 5.91 Å². The highest BCUT2D eigenvalue weighted by Gasteiger charge is 2.10. The number of aromatic nitrogens is 3. The summed E-state index contributed by atoms with van der Waals surface area (Å²) in [4.78, 5) is 24.8. The Bertz CT molecular complexity index is 1360. The van der Waals surface area contributed by atoms with Gasteiger partial charge in [0.25, 0.3) is 0 Å². The van der Waals surface area contributed by atoms with Gasteiger partial charge in [-0.05, 0) is 54.5 Å². The fraction of sp³-hybridized carbons (Fsp3) is 0.120. The molecule has 34 heavy (non-hydrogen) atoms. The molecule has 0 unspecified atom stereocenters. The SMILES string of the molecule is CC/C=C/C(=O)Nc1cc2c(Nc3ccc(OCc4cccc(Cl)c4)c(Cl)c3)ncnc2cn1. The fourth-order valence-electron chi connectivity index (χ4n) is 3.14. The lowest BCUT2D eigenvalue weighted by atomic mass is 10.2. The molecule has 1 amide bonds. The normalized spacial score (nSPS) is 11.0. The first-order chi connectivity index (χ1) is 16.5. The van der Waals surface area contributed by atoms with E-state index >= 15 is 0 Å². The molecular weight excluding hydrogens is 473 g/mol. The predicted molar refractivity (Wildman–Crippen MR) is 136 cm³/mol. The average molecular weight is 494 g/mol. The van der Waals surface area contributed by atoms with E-state index in [4.69, 9.17) is 27.9 Å². The second-order valence-electron chi connectivity index (χ2n) is 7.30. The summed E-state index contributed by atoms with van der Waals surface area (Å²) in [6.45, 7) is 2.30. The van der Waals surface area contributed by atoms with E-state index in [0.29, 0.717) is 50.6 Å². The van der Waals surface area contributed by atoms with Crippen molar-refractivity contribution in [2.75, 3.05) is 10.6 Å². The van der Waals surface area contributed by atoms with Crippen LogP contribution in [0.3, 0.4) is 0 Å². The summed E-state index contributed by atoms with van der Waals surface area (Å²) in [5.74, 6) is 1.25. The smallest absolute Gasteiger partial charge is 0.249 e. The number of carbonyl (C=O) groups excluding carboxylic acids is 1. The van der Waals surface area contributed by atoms with Crippen molar-refractivity contribution >= 4 is 57.3 Å². The number of ether oxygens (including phenoxy) is 1. The van der Waals surface area contributed by atoms with Crippen LogP contribution in [0.15, 0.2) is 73.2 Å². The first-order valence-corrected chi connectivity index (χ1v) is 11.3. The maximum Gasteiger partial charge on any atom is 0.249 e. The van der Waals surface area contributed by atoms with E-state index in [0.717, 1.165) is 12.0 Å². The molecule has 7 nitrogen and oxygen atoms in total. The van der Waals surface area contributed by atoms with Crippen LogP contribution in [0.25, 0.3) is 10.9 Å². The quantitative estimate of drug-likeness (QED) is 0.270. The summed E-state index contributed by atoms with van der Waals surface area (Å²) in [6.07, 6.45) is 7.05. The molecule has 0 spiro atoms. The first-order valence-electron chi connectivity index (χ1n) is 10.5. The zero-order valence-electron chi connectivity index (χ0n) is 18.3. The summed E-state index contributed by atoms with van der Waals surface area (Å²) < 4.78 is 5.84. The van der Waals surface area contributed by atoms with Gasteiger partial charge in [0.1, 0.15) is 30.3 Å². The van der Waals surface area contributed by atoms with Crippen LogP contribution in [0.2, 0.25) is 10.0 Å². The van der Waals surface area contributed by atoms with E-state index in [1.54, 1.807) is 30.5 Å². The van der Waals surface area contributed by atoms with Gasteiger partial charge in [-0.3, -0.25) is 4.79 Å². The zero-order valence-corrected chi connectivity index (χ0v) is 19.8. The van der Waals surface area contributed by atoms with Crippen LogP contribution < -0.4 is 15.4 Å². The molecule has 172 valence electrons. The molecular formula is C25H21Cl2N5O2. The fourth-order valence-corrected chi connectivity index (χ4v) is 3.59. The van der Waals surface area contributed by atoms with Gasteiger partial charge in [-0.1, -0.05) is 48.3 Å². The summed E-state index contributed by atoms with van der Waals surface area (Å²) in [7, 11) is 0. The summed E-state index contributed by atoms with van der Waals surface area (Å²) in [5, 5.41) is 7.79. The Kier molecular flexibility index (Phi) is 7.57. The van der Waals surface area contributed by atoms with E-state index in [1.165, 1.54) is 12.4 Å². The number of pyridine rings is 1. The van der Waals surface area contributed by atoms with Crippen molar-refractivity contribution in [3.05, 3.63) is 88.8 Å². The van der Waals surface area contributed by atoms with E-state index < -0.39 is 0 Å². The third-order valence-electron chi connectivity index (χ3n) is 4.76. The third kappa shape index (κ3) is 6.01. The molecule has 0 bridgehead atoms. The van der Waals surface area contributed by atoms with Gasteiger partial charge in [0, 0.05) is 16.1 Å². The molecule has 0 aliphatic heterocycles. The molecule has 0 radical (unpaired) electrons. The summed E-state index contributed by atoms with van der Waals surface area (Å²) in [6, 6.07) is 14.6. The van der Waals surface area contributed by atoms with Gasteiger partial charge in [0.05, 0.1) is 16.7 Å². The van der Waals surface area contributed by atoms with Gasteiger partial charge in [0.15, 0.2) is 0 Å². The molecule has 0 saturated carbocycles. The number of nitrogens with one attached hydrogen (secondary N) is 2. The van der Waals surface area contributed by atoms with Crippen LogP contribution in [0, 0.1) is 0 Å². The maximum atomic E-state index is 12.0. The lowest BCUT2D eigenvalue weighted by Gasteiger charge is -2.12. The number of nitrogens with zero attached hydrogens (tertiary/aromatic N) is 3. The third-order valence-corrected chi connectivity index (χ3v) is 5.29. The number of fused-ring (bicyclic) bond motifs is 1.